The number of nitrogens with one attached hydrogen (secondary N) is 1. The van der Waals surface area contributed by atoms with Gasteiger partial charge in [-0.05, 0) is 43.2 Å². The number of ether oxygens (including phenoxy) is 2. The first-order valence-electron chi connectivity index (χ1n) is 8.81. The minimum atomic E-state index is 0.00409. The van der Waals surface area contributed by atoms with E-state index in [0.717, 1.165) is 35.6 Å². The van der Waals surface area contributed by atoms with E-state index in [1.807, 2.05) is 36.4 Å². The van der Waals surface area contributed by atoms with Gasteiger partial charge in [0.25, 0.3) is 0 Å². The molecule has 0 atom stereocenters. The third kappa shape index (κ3) is 4.95. The fraction of sp³-hybridized carbons (Fsp3) is 0.400. The zero-order chi connectivity index (χ0) is 18.4. The van der Waals surface area contributed by atoms with Crippen LogP contribution in [0.1, 0.15) is 24.1 Å². The standard InChI is InChI=1S/C20H25N3O3/c1-25-18-8-9-19(26-2)15(11-18)13-23(17-6-7-17)14-20(24)22-12-16-5-3-4-10-21-16/h3-5,8-11,17H,6-7,12-14H2,1-2H3,(H,22,24). The molecule has 1 N–H and O–H groups in total. The molecule has 1 aliphatic rings. The van der Waals surface area contributed by atoms with Gasteiger partial charge < -0.3 is 14.8 Å². The van der Waals surface area contributed by atoms with Crippen LogP contribution in [-0.4, -0.2) is 42.6 Å². The number of hydrogen-bond donors (Lipinski definition) is 1. The first-order valence-corrected chi connectivity index (χ1v) is 8.81. The third-order valence-electron chi connectivity index (χ3n) is 4.46. The number of nitrogens with zero attached hydrogens (tertiary/aromatic N) is 2. The summed E-state index contributed by atoms with van der Waals surface area (Å²) in [7, 11) is 3.31. The maximum Gasteiger partial charge on any atom is 0.234 e. The Bertz CT molecular complexity index is 732. The van der Waals surface area contributed by atoms with E-state index < -0.39 is 0 Å². The molecule has 138 valence electrons. The van der Waals surface area contributed by atoms with E-state index >= 15 is 0 Å². The maximum atomic E-state index is 12.4. The summed E-state index contributed by atoms with van der Waals surface area (Å²) in [6.07, 6.45) is 3.98. The number of benzene rings is 1. The molecule has 0 saturated heterocycles. The van der Waals surface area contributed by atoms with Gasteiger partial charge in [-0.3, -0.25) is 14.7 Å². The van der Waals surface area contributed by atoms with Gasteiger partial charge in [-0.25, -0.2) is 0 Å². The van der Waals surface area contributed by atoms with Gasteiger partial charge in [0.05, 0.1) is 33.0 Å². The number of methoxy groups -OCH3 is 2. The first-order chi connectivity index (χ1) is 12.7. The molecule has 6 nitrogen and oxygen atoms in total. The number of aromatic nitrogens is 1. The van der Waals surface area contributed by atoms with Crippen LogP contribution >= 0.6 is 0 Å². The predicted octanol–water partition coefficient (Wildman–Crippen LogP) is 2.38. The molecule has 2 aromatic rings. The molecule has 3 rings (SSSR count). The molecule has 0 unspecified atom stereocenters. The summed E-state index contributed by atoms with van der Waals surface area (Å²) in [6.45, 7) is 1.46. The molecular weight excluding hydrogens is 330 g/mol. The van der Waals surface area contributed by atoms with E-state index in [4.69, 9.17) is 9.47 Å². The summed E-state index contributed by atoms with van der Waals surface area (Å²) in [5.74, 6) is 1.60. The molecule has 0 aliphatic heterocycles. The van der Waals surface area contributed by atoms with Gasteiger partial charge in [-0.15, -0.1) is 0 Å². The number of hydrogen-bond acceptors (Lipinski definition) is 5. The minimum Gasteiger partial charge on any atom is -0.497 e. The molecule has 6 heteroatoms. The fourth-order valence-corrected chi connectivity index (χ4v) is 2.91. The third-order valence-corrected chi connectivity index (χ3v) is 4.46. The van der Waals surface area contributed by atoms with Crippen molar-refractivity contribution in [3.63, 3.8) is 0 Å². The highest BCUT2D eigenvalue weighted by molar-refractivity contribution is 5.78. The van der Waals surface area contributed by atoms with Crippen molar-refractivity contribution in [2.24, 2.45) is 0 Å². The van der Waals surface area contributed by atoms with Gasteiger partial charge in [0.2, 0.25) is 5.91 Å². The molecule has 26 heavy (non-hydrogen) atoms. The SMILES string of the molecule is COc1ccc(OC)c(CN(CC(=O)NCc2ccccn2)C2CC2)c1. The Morgan fingerprint density at radius 2 is 2.08 bits per heavy atom. The highest BCUT2D eigenvalue weighted by Gasteiger charge is 2.31. The summed E-state index contributed by atoms with van der Waals surface area (Å²) < 4.78 is 10.8. The average Bonchev–Trinajstić information content (AvgIpc) is 3.52. The maximum absolute atomic E-state index is 12.4. The lowest BCUT2D eigenvalue weighted by atomic mass is 10.1. The zero-order valence-electron chi connectivity index (χ0n) is 15.3. The van der Waals surface area contributed by atoms with E-state index in [1.165, 1.54) is 0 Å². The van der Waals surface area contributed by atoms with Crippen molar-refractivity contribution in [2.75, 3.05) is 20.8 Å². The van der Waals surface area contributed by atoms with Crippen LogP contribution in [0.4, 0.5) is 0 Å². The van der Waals surface area contributed by atoms with E-state index in [1.54, 1.807) is 20.4 Å². The highest BCUT2D eigenvalue weighted by Crippen LogP contribution is 2.31. The first kappa shape index (κ1) is 18.2. The van der Waals surface area contributed by atoms with Crippen molar-refractivity contribution in [2.45, 2.75) is 32.0 Å². The van der Waals surface area contributed by atoms with Crippen LogP contribution in [0.15, 0.2) is 42.6 Å². The van der Waals surface area contributed by atoms with Gasteiger partial charge >= 0.3 is 0 Å². The van der Waals surface area contributed by atoms with Crippen molar-refractivity contribution in [1.82, 2.24) is 15.2 Å². The zero-order valence-corrected chi connectivity index (χ0v) is 15.3. The fourth-order valence-electron chi connectivity index (χ4n) is 2.91. The molecule has 1 saturated carbocycles. The summed E-state index contributed by atoms with van der Waals surface area (Å²) in [4.78, 5) is 18.8. The van der Waals surface area contributed by atoms with Crippen LogP contribution < -0.4 is 14.8 Å². The van der Waals surface area contributed by atoms with Gasteiger partial charge in [-0.2, -0.15) is 0 Å². The van der Waals surface area contributed by atoms with Crippen LogP contribution in [0.2, 0.25) is 0 Å². The van der Waals surface area contributed by atoms with Crippen molar-refractivity contribution in [1.29, 1.82) is 0 Å². The molecule has 1 amide bonds. The number of carbonyl (C=O) groups is 1. The van der Waals surface area contributed by atoms with Crippen LogP contribution in [0, 0.1) is 0 Å². The smallest absolute Gasteiger partial charge is 0.234 e. The normalized spacial score (nSPS) is 13.5. The van der Waals surface area contributed by atoms with Crippen LogP contribution in [0.3, 0.4) is 0 Å². The van der Waals surface area contributed by atoms with Crippen LogP contribution in [-0.2, 0) is 17.9 Å². The summed E-state index contributed by atoms with van der Waals surface area (Å²) >= 11 is 0. The van der Waals surface area contributed by atoms with Gasteiger partial charge in [0.1, 0.15) is 11.5 Å². The largest absolute Gasteiger partial charge is 0.497 e. The van der Waals surface area contributed by atoms with Crippen molar-refractivity contribution >= 4 is 5.91 Å². The Kier molecular flexibility index (Phi) is 6.07. The van der Waals surface area contributed by atoms with Gasteiger partial charge in [0.15, 0.2) is 0 Å². The molecule has 0 bridgehead atoms. The van der Waals surface area contributed by atoms with Crippen molar-refractivity contribution in [3.8, 4) is 11.5 Å². The van der Waals surface area contributed by atoms with E-state index in [0.29, 0.717) is 25.7 Å². The molecule has 0 spiro atoms. The monoisotopic (exact) mass is 355 g/mol. The summed E-state index contributed by atoms with van der Waals surface area (Å²) in [6, 6.07) is 11.9. The minimum absolute atomic E-state index is 0.00409. The highest BCUT2D eigenvalue weighted by atomic mass is 16.5. The second-order valence-electron chi connectivity index (χ2n) is 6.41. The molecular formula is C20H25N3O3. The number of carbonyl (C=O) groups excluding carboxylic acids is 1. The Balaban J connectivity index is 1.62. The summed E-state index contributed by atoms with van der Waals surface area (Å²) in [5.41, 5.74) is 1.88. The van der Waals surface area contributed by atoms with Crippen molar-refractivity contribution in [3.05, 3.63) is 53.9 Å². The number of rotatable bonds is 9. The molecule has 1 fully saturated rings. The number of pyridine rings is 1. The van der Waals surface area contributed by atoms with E-state index in [2.05, 4.69) is 15.2 Å². The Morgan fingerprint density at radius 3 is 2.73 bits per heavy atom. The molecule has 1 aromatic heterocycles. The lowest BCUT2D eigenvalue weighted by Gasteiger charge is -2.23. The van der Waals surface area contributed by atoms with Crippen molar-refractivity contribution < 1.29 is 14.3 Å². The Morgan fingerprint density at radius 1 is 1.23 bits per heavy atom. The van der Waals surface area contributed by atoms with Crippen LogP contribution in [0.25, 0.3) is 0 Å². The van der Waals surface area contributed by atoms with Crippen LogP contribution in [0.5, 0.6) is 11.5 Å². The predicted molar refractivity (Wildman–Crippen MR) is 99.1 cm³/mol. The van der Waals surface area contributed by atoms with E-state index in [9.17, 15) is 4.79 Å². The quantitative estimate of drug-likeness (QED) is 0.748. The second kappa shape index (κ2) is 8.67. The Hall–Kier alpha value is -2.60. The summed E-state index contributed by atoms with van der Waals surface area (Å²) in [5, 5.41) is 2.95. The lowest BCUT2D eigenvalue weighted by Crippen LogP contribution is -2.38. The lowest BCUT2D eigenvalue weighted by molar-refractivity contribution is -0.122. The van der Waals surface area contributed by atoms with Gasteiger partial charge in [0, 0.05) is 24.3 Å². The average molecular weight is 355 g/mol. The van der Waals surface area contributed by atoms with Gasteiger partial charge in [-0.1, -0.05) is 6.07 Å². The Labute approximate surface area is 154 Å². The molecule has 0 radical (unpaired) electrons. The molecule has 1 heterocycles. The molecule has 1 aliphatic carbocycles. The molecule has 1 aromatic carbocycles. The topological polar surface area (TPSA) is 63.7 Å². The number of amides is 1. The second-order valence-corrected chi connectivity index (χ2v) is 6.41. The van der Waals surface area contributed by atoms with E-state index in [-0.39, 0.29) is 5.91 Å².